The summed E-state index contributed by atoms with van der Waals surface area (Å²) in [4.78, 5) is 12.2. The van der Waals surface area contributed by atoms with Crippen molar-refractivity contribution in [1.29, 1.82) is 0 Å². The molecular formula is C20H20F2N4O2S. The monoisotopic (exact) mass is 418 g/mol. The average Bonchev–Trinajstić information content (AvgIpc) is 3.09. The summed E-state index contributed by atoms with van der Waals surface area (Å²) in [6, 6.07) is 12.8. The van der Waals surface area contributed by atoms with E-state index in [1.54, 1.807) is 7.11 Å². The predicted octanol–water partition coefficient (Wildman–Crippen LogP) is 3.52. The lowest BCUT2D eigenvalue weighted by Crippen LogP contribution is -2.16. The van der Waals surface area contributed by atoms with Crippen molar-refractivity contribution in [2.24, 2.45) is 0 Å². The largest absolute Gasteiger partial charge is 0.383 e. The fourth-order valence-corrected chi connectivity index (χ4v) is 3.44. The van der Waals surface area contributed by atoms with Crippen LogP contribution < -0.4 is 5.32 Å². The molecule has 0 aliphatic heterocycles. The van der Waals surface area contributed by atoms with Gasteiger partial charge in [0.1, 0.15) is 17.5 Å². The number of anilines is 1. The van der Waals surface area contributed by atoms with E-state index in [4.69, 9.17) is 4.74 Å². The lowest BCUT2D eigenvalue weighted by atomic mass is 10.1. The average molecular weight is 418 g/mol. The van der Waals surface area contributed by atoms with Gasteiger partial charge in [-0.1, -0.05) is 42.1 Å². The van der Waals surface area contributed by atoms with Crippen molar-refractivity contribution in [1.82, 2.24) is 14.8 Å². The zero-order valence-electron chi connectivity index (χ0n) is 15.8. The van der Waals surface area contributed by atoms with Crippen LogP contribution in [0.3, 0.4) is 0 Å². The van der Waals surface area contributed by atoms with E-state index in [0.29, 0.717) is 24.7 Å². The summed E-state index contributed by atoms with van der Waals surface area (Å²) in [5, 5.41) is 11.4. The molecule has 0 spiro atoms. The van der Waals surface area contributed by atoms with Gasteiger partial charge in [0.25, 0.3) is 0 Å². The van der Waals surface area contributed by atoms with Gasteiger partial charge in [0.15, 0.2) is 5.16 Å². The van der Waals surface area contributed by atoms with Crippen LogP contribution in [0.5, 0.6) is 0 Å². The topological polar surface area (TPSA) is 69.0 Å². The Hall–Kier alpha value is -2.78. The van der Waals surface area contributed by atoms with Crippen molar-refractivity contribution < 1.29 is 18.3 Å². The van der Waals surface area contributed by atoms with E-state index in [-0.39, 0.29) is 11.4 Å². The number of carbonyl (C=O) groups excluding carboxylic acids is 1. The number of nitrogens with zero attached hydrogens (tertiary/aromatic N) is 3. The molecule has 9 heteroatoms. The number of thioether (sulfide) groups is 1. The normalized spacial score (nSPS) is 10.9. The molecule has 0 aliphatic carbocycles. The Balaban J connectivity index is 1.67. The van der Waals surface area contributed by atoms with Crippen LogP contribution in [0.25, 0.3) is 0 Å². The quantitative estimate of drug-likeness (QED) is 0.539. The lowest BCUT2D eigenvalue weighted by Gasteiger charge is -2.10. The summed E-state index contributed by atoms with van der Waals surface area (Å²) >= 11 is 1.17. The summed E-state index contributed by atoms with van der Waals surface area (Å²) in [6.45, 7) is 1.00. The zero-order valence-corrected chi connectivity index (χ0v) is 16.6. The molecule has 6 nitrogen and oxygen atoms in total. The molecule has 29 heavy (non-hydrogen) atoms. The van der Waals surface area contributed by atoms with Crippen LogP contribution in [0, 0.1) is 11.6 Å². The van der Waals surface area contributed by atoms with E-state index in [2.05, 4.69) is 15.5 Å². The Morgan fingerprint density at radius 2 is 1.97 bits per heavy atom. The highest BCUT2D eigenvalue weighted by atomic mass is 32.2. The van der Waals surface area contributed by atoms with Crippen molar-refractivity contribution in [3.63, 3.8) is 0 Å². The van der Waals surface area contributed by atoms with E-state index in [1.807, 2.05) is 34.9 Å². The van der Waals surface area contributed by atoms with Gasteiger partial charge in [-0.3, -0.25) is 4.79 Å². The fourth-order valence-electron chi connectivity index (χ4n) is 2.65. The Labute approximate surface area is 171 Å². The van der Waals surface area contributed by atoms with Crippen LogP contribution in [0.1, 0.15) is 11.4 Å². The highest BCUT2D eigenvalue weighted by Gasteiger charge is 2.15. The van der Waals surface area contributed by atoms with Gasteiger partial charge in [-0.05, 0) is 17.7 Å². The first-order valence-corrected chi connectivity index (χ1v) is 9.88. The molecule has 1 aromatic heterocycles. The highest BCUT2D eigenvalue weighted by Crippen LogP contribution is 2.20. The van der Waals surface area contributed by atoms with Gasteiger partial charge in [0.05, 0.1) is 18.0 Å². The fraction of sp³-hybridized carbons (Fsp3) is 0.250. The van der Waals surface area contributed by atoms with Gasteiger partial charge in [0.2, 0.25) is 5.91 Å². The Morgan fingerprint density at radius 3 is 2.72 bits per heavy atom. The van der Waals surface area contributed by atoms with Gasteiger partial charge in [-0.15, -0.1) is 10.2 Å². The zero-order chi connectivity index (χ0) is 20.6. The van der Waals surface area contributed by atoms with E-state index in [0.717, 1.165) is 29.6 Å². The van der Waals surface area contributed by atoms with Gasteiger partial charge < -0.3 is 14.6 Å². The molecule has 0 radical (unpaired) electrons. The number of benzene rings is 2. The molecular weight excluding hydrogens is 398 g/mol. The van der Waals surface area contributed by atoms with Gasteiger partial charge in [0, 0.05) is 26.1 Å². The highest BCUT2D eigenvalue weighted by molar-refractivity contribution is 7.99. The van der Waals surface area contributed by atoms with Crippen molar-refractivity contribution in [2.75, 3.05) is 24.8 Å². The number of amides is 1. The first-order valence-electron chi connectivity index (χ1n) is 8.89. The molecule has 0 aliphatic rings. The minimum atomic E-state index is -0.696. The first-order chi connectivity index (χ1) is 14.1. The van der Waals surface area contributed by atoms with Crippen LogP contribution in [-0.4, -0.2) is 40.1 Å². The third kappa shape index (κ3) is 5.85. The molecule has 0 saturated carbocycles. The van der Waals surface area contributed by atoms with Crippen LogP contribution in [0.2, 0.25) is 0 Å². The van der Waals surface area contributed by atoms with Crippen LogP contribution in [-0.2, 0) is 22.5 Å². The van der Waals surface area contributed by atoms with Crippen molar-refractivity contribution in [3.05, 3.63) is 71.6 Å². The van der Waals surface area contributed by atoms with Gasteiger partial charge >= 0.3 is 0 Å². The summed E-state index contributed by atoms with van der Waals surface area (Å²) in [6.07, 6.45) is 0.596. The maximum atomic E-state index is 13.7. The third-order valence-electron chi connectivity index (χ3n) is 4.05. The summed E-state index contributed by atoms with van der Waals surface area (Å²) in [5.74, 6) is -1.05. The van der Waals surface area contributed by atoms with Crippen LogP contribution >= 0.6 is 11.8 Å². The van der Waals surface area contributed by atoms with E-state index < -0.39 is 17.5 Å². The SMILES string of the molecule is COCCn1c(Cc2ccccc2)nnc1SCC(=O)Nc1cc(F)ccc1F. The molecule has 1 amide bonds. The molecule has 3 aromatic rings. The smallest absolute Gasteiger partial charge is 0.234 e. The maximum absolute atomic E-state index is 13.7. The number of nitrogens with one attached hydrogen (secondary N) is 1. The number of rotatable bonds is 9. The molecule has 2 aromatic carbocycles. The van der Waals surface area contributed by atoms with Gasteiger partial charge in [-0.2, -0.15) is 0 Å². The first kappa shape index (κ1) is 20.9. The molecule has 1 N–H and O–H groups in total. The molecule has 1 heterocycles. The molecule has 0 bridgehead atoms. The summed E-state index contributed by atoms with van der Waals surface area (Å²) in [5.41, 5.74) is 0.899. The summed E-state index contributed by atoms with van der Waals surface area (Å²) < 4.78 is 34.0. The molecule has 0 atom stereocenters. The number of hydrogen-bond acceptors (Lipinski definition) is 5. The third-order valence-corrected chi connectivity index (χ3v) is 5.02. The number of carbonyl (C=O) groups is 1. The Bertz CT molecular complexity index is 966. The second-order valence-electron chi connectivity index (χ2n) is 6.17. The number of halogens is 2. The maximum Gasteiger partial charge on any atom is 0.234 e. The van der Waals surface area contributed by atoms with E-state index in [9.17, 15) is 13.6 Å². The van der Waals surface area contributed by atoms with E-state index in [1.165, 1.54) is 11.8 Å². The molecule has 0 unspecified atom stereocenters. The standard InChI is InChI=1S/C20H20F2N4O2S/c1-28-10-9-26-18(11-14-5-3-2-4-6-14)24-25-20(26)29-13-19(27)23-17-12-15(21)7-8-16(17)22/h2-8,12H,9-11,13H2,1H3,(H,23,27). The number of methoxy groups -OCH3 is 1. The van der Waals surface area contributed by atoms with Crippen molar-refractivity contribution >= 4 is 23.4 Å². The number of aromatic nitrogens is 3. The molecule has 152 valence electrons. The minimum Gasteiger partial charge on any atom is -0.383 e. The number of ether oxygens (including phenoxy) is 1. The number of hydrogen-bond donors (Lipinski definition) is 1. The van der Waals surface area contributed by atoms with Crippen molar-refractivity contribution in [3.8, 4) is 0 Å². The van der Waals surface area contributed by atoms with Gasteiger partial charge in [-0.25, -0.2) is 8.78 Å². The van der Waals surface area contributed by atoms with E-state index >= 15 is 0 Å². The molecule has 0 saturated heterocycles. The minimum absolute atomic E-state index is 0.0214. The lowest BCUT2D eigenvalue weighted by molar-refractivity contribution is -0.113. The second-order valence-corrected chi connectivity index (χ2v) is 7.11. The Morgan fingerprint density at radius 1 is 1.17 bits per heavy atom. The predicted molar refractivity (Wildman–Crippen MR) is 107 cm³/mol. The molecule has 3 rings (SSSR count). The van der Waals surface area contributed by atoms with Crippen LogP contribution in [0.15, 0.2) is 53.7 Å². The Kier molecular flexibility index (Phi) is 7.31. The van der Waals surface area contributed by atoms with Crippen molar-refractivity contribution in [2.45, 2.75) is 18.1 Å². The van der Waals surface area contributed by atoms with Crippen LogP contribution in [0.4, 0.5) is 14.5 Å². The molecule has 0 fully saturated rings. The summed E-state index contributed by atoms with van der Waals surface area (Å²) in [7, 11) is 1.61. The second kappa shape index (κ2) is 10.1.